The van der Waals surface area contributed by atoms with Crippen LogP contribution >= 0.6 is 0 Å². The Balaban J connectivity index is 1.79. The molecule has 2 aromatic carbocycles. The van der Waals surface area contributed by atoms with Gasteiger partial charge in [0.05, 0.1) is 6.07 Å². The molecule has 2 heterocycles. The van der Waals surface area contributed by atoms with E-state index in [-0.39, 0.29) is 6.03 Å². The van der Waals surface area contributed by atoms with Crippen LogP contribution in [0.4, 0.5) is 10.5 Å². The lowest BCUT2D eigenvalue weighted by Crippen LogP contribution is -2.29. The van der Waals surface area contributed by atoms with Gasteiger partial charge in [0.25, 0.3) is 0 Å². The second-order valence-corrected chi connectivity index (χ2v) is 9.49. The Morgan fingerprint density at radius 3 is 2.43 bits per heavy atom. The first-order chi connectivity index (χ1) is 18.1. The number of benzene rings is 3. The molecule has 0 bridgehead atoms. The highest BCUT2D eigenvalue weighted by Crippen LogP contribution is 2.42. The molecule has 0 aromatic heterocycles. The van der Waals surface area contributed by atoms with Crippen molar-refractivity contribution in [2.24, 2.45) is 0 Å². The number of amides is 2. The van der Waals surface area contributed by atoms with Crippen LogP contribution in [0.15, 0.2) is 65.1 Å². The van der Waals surface area contributed by atoms with E-state index in [0.29, 0.717) is 13.1 Å². The van der Waals surface area contributed by atoms with Gasteiger partial charge in [-0.15, -0.1) is 0 Å². The fourth-order valence-electron chi connectivity index (χ4n) is 5.50. The number of carbonyl (C=O) groups is 1. The van der Waals surface area contributed by atoms with Crippen molar-refractivity contribution in [3.63, 3.8) is 0 Å². The molecule has 2 amide bonds. The van der Waals surface area contributed by atoms with Gasteiger partial charge in [-0.1, -0.05) is 24.3 Å². The molecule has 1 N–H and O–H groups in total. The van der Waals surface area contributed by atoms with E-state index < -0.39 is 0 Å². The topological polar surface area (TPSA) is 51.7 Å². The zero-order chi connectivity index (χ0) is 25.9. The molecule has 2 aromatic rings. The smallest absolute Gasteiger partial charge is 0.317 e. The number of fused-ring (bicyclic) bond motifs is 2. The van der Waals surface area contributed by atoms with Gasteiger partial charge in [0, 0.05) is 67.1 Å². The monoisotopic (exact) mass is 497 g/mol. The molecule has 0 spiro atoms. The molecule has 3 aliphatic rings. The number of urea groups is 1. The number of nitrogens with zero attached hydrogens (tertiary/aromatic N) is 3. The number of anilines is 1. The SMILES string of the molecule is CCN(CC)c1ccc2c(-c3ccccc3CN3CCNC3=O)c3ccc(=[N+](CC)CC)cc-3oc2c1. The van der Waals surface area contributed by atoms with Gasteiger partial charge in [0.1, 0.15) is 24.4 Å². The summed E-state index contributed by atoms with van der Waals surface area (Å²) in [6.07, 6.45) is 0. The maximum atomic E-state index is 12.4. The van der Waals surface area contributed by atoms with Crippen molar-refractivity contribution in [1.29, 1.82) is 0 Å². The van der Waals surface area contributed by atoms with Crippen LogP contribution in [0.5, 0.6) is 0 Å². The Bertz CT molecular complexity index is 1460. The minimum absolute atomic E-state index is 0.000287. The first kappa shape index (κ1) is 24.9. The standard InChI is InChI=1S/C31H36N4O2/c1-5-33(6-2)23-13-15-26-28(19-23)37-29-20-24(34(7-3)8-4)14-16-27(29)30(26)25-12-10-9-11-22(25)21-35-18-17-32-31(35)36/h9-16,19-20H,5-8,17-18,21H2,1-4H3/p+1. The summed E-state index contributed by atoms with van der Waals surface area (Å²) < 4.78 is 8.97. The third-order valence-corrected chi connectivity index (χ3v) is 7.54. The van der Waals surface area contributed by atoms with Crippen molar-refractivity contribution >= 4 is 22.7 Å². The van der Waals surface area contributed by atoms with E-state index in [9.17, 15) is 4.79 Å². The lowest BCUT2D eigenvalue weighted by Gasteiger charge is -2.23. The summed E-state index contributed by atoms with van der Waals surface area (Å²) in [7, 11) is 0. The third kappa shape index (κ3) is 4.68. The maximum absolute atomic E-state index is 12.4. The van der Waals surface area contributed by atoms with Crippen molar-refractivity contribution in [2.45, 2.75) is 34.2 Å². The molecule has 6 nitrogen and oxygen atoms in total. The second kappa shape index (κ2) is 10.7. The van der Waals surface area contributed by atoms with Gasteiger partial charge < -0.3 is 19.5 Å². The highest BCUT2D eigenvalue weighted by atomic mass is 16.3. The fraction of sp³-hybridized carbons (Fsp3) is 0.355. The maximum Gasteiger partial charge on any atom is 0.317 e. The van der Waals surface area contributed by atoms with E-state index in [1.165, 1.54) is 0 Å². The molecule has 0 atom stereocenters. The molecule has 6 heteroatoms. The molecule has 1 aliphatic carbocycles. The average Bonchev–Trinajstić information content (AvgIpc) is 3.33. The summed E-state index contributed by atoms with van der Waals surface area (Å²) in [4.78, 5) is 16.6. The summed E-state index contributed by atoms with van der Waals surface area (Å²) in [5.74, 6) is 0.873. The third-order valence-electron chi connectivity index (χ3n) is 7.54. The van der Waals surface area contributed by atoms with Crippen molar-refractivity contribution in [2.75, 3.05) is 44.2 Å². The predicted molar refractivity (Wildman–Crippen MR) is 152 cm³/mol. The van der Waals surface area contributed by atoms with Crippen molar-refractivity contribution < 1.29 is 9.21 Å². The van der Waals surface area contributed by atoms with Crippen LogP contribution in [-0.4, -0.2) is 50.2 Å². The molecule has 0 unspecified atom stereocenters. The number of carbonyl (C=O) groups excluding carboxylic acids is 1. The number of nitrogens with one attached hydrogen (secondary N) is 1. The Hall–Kier alpha value is -3.80. The summed E-state index contributed by atoms with van der Waals surface area (Å²) in [5.41, 5.74) is 6.54. The number of hydrogen-bond acceptors (Lipinski definition) is 3. The van der Waals surface area contributed by atoms with Crippen LogP contribution in [0.1, 0.15) is 33.3 Å². The lowest BCUT2D eigenvalue weighted by molar-refractivity contribution is 0.215. The zero-order valence-corrected chi connectivity index (χ0v) is 22.4. The Morgan fingerprint density at radius 1 is 0.946 bits per heavy atom. The van der Waals surface area contributed by atoms with Crippen LogP contribution in [0.3, 0.4) is 0 Å². The Morgan fingerprint density at radius 2 is 1.73 bits per heavy atom. The highest BCUT2D eigenvalue weighted by molar-refractivity contribution is 6.03. The van der Waals surface area contributed by atoms with Gasteiger partial charge in [0.15, 0.2) is 0 Å². The van der Waals surface area contributed by atoms with Gasteiger partial charge in [-0.05, 0) is 57.0 Å². The molecule has 37 heavy (non-hydrogen) atoms. The van der Waals surface area contributed by atoms with Gasteiger partial charge in [-0.25, -0.2) is 9.37 Å². The molecular formula is C31H37N4O2+. The minimum Gasteiger partial charge on any atom is -0.456 e. The average molecular weight is 498 g/mol. The van der Waals surface area contributed by atoms with Crippen LogP contribution in [0.25, 0.3) is 33.4 Å². The van der Waals surface area contributed by atoms with Crippen molar-refractivity contribution in [3.05, 3.63) is 71.6 Å². The molecule has 0 radical (unpaired) electrons. The fourth-order valence-corrected chi connectivity index (χ4v) is 5.50. The summed E-state index contributed by atoms with van der Waals surface area (Å²) >= 11 is 0. The predicted octanol–water partition coefficient (Wildman–Crippen LogP) is 5.39. The van der Waals surface area contributed by atoms with E-state index in [4.69, 9.17) is 4.42 Å². The first-order valence-electron chi connectivity index (χ1n) is 13.5. The van der Waals surface area contributed by atoms with Crippen LogP contribution in [0.2, 0.25) is 0 Å². The highest BCUT2D eigenvalue weighted by Gasteiger charge is 2.24. The largest absolute Gasteiger partial charge is 0.456 e. The molecule has 1 fully saturated rings. The van der Waals surface area contributed by atoms with Gasteiger partial charge in [0.2, 0.25) is 5.36 Å². The van der Waals surface area contributed by atoms with E-state index in [0.717, 1.165) is 82.8 Å². The van der Waals surface area contributed by atoms with Gasteiger partial charge >= 0.3 is 6.03 Å². The summed E-state index contributed by atoms with van der Waals surface area (Å²) in [5, 5.41) is 5.17. The van der Waals surface area contributed by atoms with Gasteiger partial charge in [-0.2, -0.15) is 0 Å². The van der Waals surface area contributed by atoms with Gasteiger partial charge in [-0.3, -0.25) is 0 Å². The molecule has 5 rings (SSSR count). The molecule has 2 aliphatic heterocycles. The molecule has 0 saturated carbocycles. The normalized spacial score (nSPS) is 13.4. The summed E-state index contributed by atoms with van der Waals surface area (Å²) in [6.45, 7) is 14.5. The number of rotatable bonds is 8. The second-order valence-electron chi connectivity index (χ2n) is 9.49. The van der Waals surface area contributed by atoms with Crippen LogP contribution in [0, 0.1) is 0 Å². The minimum atomic E-state index is 0.000287. The molecule has 192 valence electrons. The van der Waals surface area contributed by atoms with E-state index in [1.807, 2.05) is 4.90 Å². The van der Waals surface area contributed by atoms with Crippen LogP contribution < -0.4 is 20.1 Å². The molecule has 1 saturated heterocycles. The van der Waals surface area contributed by atoms with Crippen molar-refractivity contribution in [3.8, 4) is 22.5 Å². The lowest BCUT2D eigenvalue weighted by atomic mass is 9.90. The van der Waals surface area contributed by atoms with E-state index in [1.54, 1.807) is 0 Å². The van der Waals surface area contributed by atoms with Crippen LogP contribution in [-0.2, 0) is 6.54 Å². The summed E-state index contributed by atoms with van der Waals surface area (Å²) in [6, 6.07) is 21.6. The van der Waals surface area contributed by atoms with E-state index in [2.05, 4.69) is 103 Å². The zero-order valence-electron chi connectivity index (χ0n) is 22.4. The number of hydrogen-bond donors (Lipinski definition) is 1. The molecular weight excluding hydrogens is 460 g/mol. The quantitative estimate of drug-likeness (QED) is 0.262. The Labute approximate surface area is 219 Å². The van der Waals surface area contributed by atoms with E-state index >= 15 is 0 Å². The Kier molecular flexibility index (Phi) is 7.17. The van der Waals surface area contributed by atoms with Crippen molar-refractivity contribution in [1.82, 2.24) is 14.8 Å². The first-order valence-corrected chi connectivity index (χ1v) is 13.5.